The van der Waals surface area contributed by atoms with Crippen molar-refractivity contribution in [2.75, 3.05) is 5.32 Å². The van der Waals surface area contributed by atoms with Crippen LogP contribution in [0.15, 0.2) is 46.1 Å². The lowest BCUT2D eigenvalue weighted by Gasteiger charge is -2.05. The van der Waals surface area contributed by atoms with Crippen LogP contribution in [-0.4, -0.2) is 30.9 Å². The lowest BCUT2D eigenvalue weighted by Crippen LogP contribution is -2.29. The highest BCUT2D eigenvalue weighted by Crippen LogP contribution is 2.14. The van der Waals surface area contributed by atoms with E-state index in [4.69, 9.17) is 4.42 Å². The van der Waals surface area contributed by atoms with E-state index in [1.165, 1.54) is 24.7 Å². The minimum absolute atomic E-state index is 0.204. The van der Waals surface area contributed by atoms with Gasteiger partial charge in [0, 0.05) is 6.07 Å². The summed E-state index contributed by atoms with van der Waals surface area (Å²) in [6, 6.07) is 6.29. The molecule has 0 saturated carbocycles. The smallest absolute Gasteiger partial charge is 0.267 e. The second-order valence-corrected chi connectivity index (χ2v) is 4.07. The Bertz CT molecular complexity index is 791. The molecule has 21 heavy (non-hydrogen) atoms. The number of carbonyl (C=O) groups is 1. The van der Waals surface area contributed by atoms with Crippen LogP contribution in [0.3, 0.4) is 0 Å². The lowest BCUT2D eigenvalue weighted by molar-refractivity contribution is -0.117. The summed E-state index contributed by atoms with van der Waals surface area (Å²) in [6.45, 7) is -0.242. The van der Waals surface area contributed by atoms with Gasteiger partial charge < -0.3 is 4.42 Å². The van der Waals surface area contributed by atoms with Crippen molar-refractivity contribution in [1.29, 1.82) is 0 Å². The van der Waals surface area contributed by atoms with Gasteiger partial charge in [0.1, 0.15) is 18.6 Å². The number of carbonyl (C=O) groups excluding carboxylic acids is 1. The topological polar surface area (TPSA) is 119 Å². The van der Waals surface area contributed by atoms with Crippen LogP contribution >= 0.6 is 0 Å². The molecule has 0 radical (unpaired) electrons. The number of aromatic nitrogens is 5. The first kappa shape index (κ1) is 12.8. The summed E-state index contributed by atoms with van der Waals surface area (Å²) in [5.74, 6) is 0.271. The molecule has 0 fully saturated rings. The van der Waals surface area contributed by atoms with E-state index >= 15 is 0 Å². The third kappa shape index (κ3) is 2.86. The van der Waals surface area contributed by atoms with Crippen molar-refractivity contribution in [2.24, 2.45) is 0 Å². The van der Waals surface area contributed by atoms with E-state index in [0.29, 0.717) is 11.5 Å². The summed E-state index contributed by atoms with van der Waals surface area (Å²) in [5, 5.41) is 12.6. The Balaban J connectivity index is 1.80. The van der Waals surface area contributed by atoms with Crippen molar-refractivity contribution in [3.63, 3.8) is 0 Å². The second kappa shape index (κ2) is 5.41. The van der Waals surface area contributed by atoms with Gasteiger partial charge in [0.2, 0.25) is 11.9 Å². The molecule has 0 atom stereocenters. The standard InChI is InChI=1S/C12H10N6O3/c19-10(15-12-13-7-14-16-12)6-18-11(20)4-3-8(17-18)9-2-1-5-21-9/h1-5,7H,6H2,(H2,13,14,15,16,19). The number of nitrogens with one attached hydrogen (secondary N) is 2. The summed E-state index contributed by atoms with van der Waals surface area (Å²) in [5.41, 5.74) is 0.0742. The zero-order chi connectivity index (χ0) is 14.7. The van der Waals surface area contributed by atoms with Crippen LogP contribution < -0.4 is 10.9 Å². The average Bonchev–Trinajstić information content (AvgIpc) is 3.14. The Labute approximate surface area is 117 Å². The maximum Gasteiger partial charge on any atom is 0.267 e. The van der Waals surface area contributed by atoms with Gasteiger partial charge in [0.25, 0.3) is 5.56 Å². The molecule has 2 N–H and O–H groups in total. The van der Waals surface area contributed by atoms with Crippen LogP contribution in [0.4, 0.5) is 5.95 Å². The third-order valence-electron chi connectivity index (χ3n) is 2.61. The van der Waals surface area contributed by atoms with Crippen molar-refractivity contribution in [2.45, 2.75) is 6.54 Å². The summed E-state index contributed by atoms with van der Waals surface area (Å²) in [7, 11) is 0. The van der Waals surface area contributed by atoms with Crippen molar-refractivity contribution in [3.05, 3.63) is 47.2 Å². The Kier molecular flexibility index (Phi) is 3.29. The van der Waals surface area contributed by atoms with Gasteiger partial charge in [-0.3, -0.25) is 14.9 Å². The van der Waals surface area contributed by atoms with Gasteiger partial charge in [0.05, 0.1) is 6.26 Å². The quantitative estimate of drug-likeness (QED) is 0.710. The molecule has 106 valence electrons. The molecule has 3 aromatic rings. The highest BCUT2D eigenvalue weighted by Gasteiger charge is 2.10. The Morgan fingerprint density at radius 1 is 1.38 bits per heavy atom. The van der Waals surface area contributed by atoms with Crippen molar-refractivity contribution >= 4 is 11.9 Å². The molecule has 3 aromatic heterocycles. The van der Waals surface area contributed by atoms with Crippen LogP contribution in [0.5, 0.6) is 0 Å². The first-order chi connectivity index (χ1) is 10.2. The van der Waals surface area contributed by atoms with E-state index in [1.54, 1.807) is 12.1 Å². The number of hydrogen-bond acceptors (Lipinski definition) is 6. The van der Waals surface area contributed by atoms with Crippen LogP contribution in [-0.2, 0) is 11.3 Å². The number of rotatable bonds is 4. The summed E-state index contributed by atoms with van der Waals surface area (Å²) >= 11 is 0. The zero-order valence-corrected chi connectivity index (χ0v) is 10.7. The van der Waals surface area contributed by atoms with Crippen molar-refractivity contribution in [3.8, 4) is 11.5 Å². The molecule has 9 nitrogen and oxygen atoms in total. The van der Waals surface area contributed by atoms with E-state index in [1.807, 2.05) is 0 Å². The molecule has 0 spiro atoms. The van der Waals surface area contributed by atoms with Crippen LogP contribution in [0, 0.1) is 0 Å². The third-order valence-corrected chi connectivity index (χ3v) is 2.61. The average molecular weight is 286 g/mol. The fourth-order valence-electron chi connectivity index (χ4n) is 1.69. The number of hydrogen-bond donors (Lipinski definition) is 2. The molecule has 0 aromatic carbocycles. The van der Waals surface area contributed by atoms with Gasteiger partial charge in [-0.05, 0) is 18.2 Å². The molecule has 0 aliphatic rings. The maximum atomic E-state index is 11.8. The summed E-state index contributed by atoms with van der Waals surface area (Å²) in [6.07, 6.45) is 2.76. The number of H-pyrrole nitrogens is 1. The van der Waals surface area contributed by atoms with E-state index in [2.05, 4.69) is 25.6 Å². The van der Waals surface area contributed by atoms with Crippen LogP contribution in [0.2, 0.25) is 0 Å². The number of aromatic amines is 1. The van der Waals surface area contributed by atoms with Gasteiger partial charge in [-0.1, -0.05) is 0 Å². The predicted molar refractivity (Wildman–Crippen MR) is 71.2 cm³/mol. The van der Waals surface area contributed by atoms with Gasteiger partial charge in [-0.2, -0.15) is 15.2 Å². The minimum atomic E-state index is -0.446. The van der Waals surface area contributed by atoms with Gasteiger partial charge in [-0.25, -0.2) is 9.78 Å². The molecule has 0 aliphatic heterocycles. The largest absolute Gasteiger partial charge is 0.463 e. The maximum absolute atomic E-state index is 11.8. The summed E-state index contributed by atoms with van der Waals surface area (Å²) < 4.78 is 6.25. The number of anilines is 1. The van der Waals surface area contributed by atoms with E-state index in [-0.39, 0.29) is 12.5 Å². The van der Waals surface area contributed by atoms with E-state index < -0.39 is 11.5 Å². The van der Waals surface area contributed by atoms with Crippen LogP contribution in [0.1, 0.15) is 0 Å². The Morgan fingerprint density at radius 3 is 3.00 bits per heavy atom. The molecular weight excluding hydrogens is 276 g/mol. The number of amides is 1. The lowest BCUT2D eigenvalue weighted by atomic mass is 10.3. The highest BCUT2D eigenvalue weighted by atomic mass is 16.3. The summed E-state index contributed by atoms with van der Waals surface area (Å²) in [4.78, 5) is 27.3. The Morgan fingerprint density at radius 2 is 2.29 bits per heavy atom. The Hall–Kier alpha value is -3.23. The van der Waals surface area contributed by atoms with E-state index in [9.17, 15) is 9.59 Å². The van der Waals surface area contributed by atoms with E-state index in [0.717, 1.165) is 4.68 Å². The van der Waals surface area contributed by atoms with Crippen molar-refractivity contribution in [1.82, 2.24) is 25.0 Å². The van der Waals surface area contributed by atoms with Gasteiger partial charge in [0.15, 0.2) is 5.76 Å². The van der Waals surface area contributed by atoms with Crippen molar-refractivity contribution < 1.29 is 9.21 Å². The fraction of sp³-hybridized carbons (Fsp3) is 0.0833. The van der Waals surface area contributed by atoms with Crippen LogP contribution in [0.25, 0.3) is 11.5 Å². The SMILES string of the molecule is O=C(Cn1nc(-c2ccco2)ccc1=O)Nc1ncn[nH]1. The molecule has 0 aliphatic carbocycles. The van der Waals surface area contributed by atoms with Gasteiger partial charge >= 0.3 is 0 Å². The first-order valence-electron chi connectivity index (χ1n) is 5.99. The number of nitrogens with zero attached hydrogens (tertiary/aromatic N) is 4. The predicted octanol–water partition coefficient (Wildman–Crippen LogP) is 0.260. The normalized spacial score (nSPS) is 10.5. The molecule has 0 bridgehead atoms. The molecule has 3 rings (SSSR count). The zero-order valence-electron chi connectivity index (χ0n) is 10.7. The molecule has 0 unspecified atom stereocenters. The monoisotopic (exact) mass is 286 g/mol. The molecule has 0 saturated heterocycles. The first-order valence-corrected chi connectivity index (χ1v) is 5.99. The molecule has 3 heterocycles. The molecular formula is C12H10N6O3. The minimum Gasteiger partial charge on any atom is -0.463 e. The molecule has 9 heteroatoms. The van der Waals surface area contributed by atoms with Gasteiger partial charge in [-0.15, -0.1) is 0 Å². The second-order valence-electron chi connectivity index (χ2n) is 4.07. The molecule has 1 amide bonds. The highest BCUT2D eigenvalue weighted by molar-refractivity contribution is 5.88. The fourth-order valence-corrected chi connectivity index (χ4v) is 1.69. The number of furan rings is 1.